The number of aromatic nitrogens is 2. The number of ether oxygens (including phenoxy) is 2. The molecule has 0 atom stereocenters. The Bertz CT molecular complexity index is 755. The molecule has 1 aliphatic heterocycles. The molecule has 2 aromatic rings. The summed E-state index contributed by atoms with van der Waals surface area (Å²) in [5.41, 5.74) is 0.821. The minimum absolute atomic E-state index is 0.0288. The van der Waals surface area contributed by atoms with Gasteiger partial charge in [-0.3, -0.25) is 4.79 Å². The topological polar surface area (TPSA) is 64.6 Å². The molecule has 1 aromatic carbocycles. The van der Waals surface area contributed by atoms with Gasteiger partial charge in [-0.1, -0.05) is 18.7 Å². The number of hydrogen-bond donors (Lipinski definition) is 0. The van der Waals surface area contributed by atoms with Crippen LogP contribution in [0.1, 0.15) is 12.8 Å². The lowest BCUT2D eigenvalue weighted by molar-refractivity contribution is -0.127. The fourth-order valence-electron chi connectivity index (χ4n) is 2.86. The van der Waals surface area contributed by atoms with E-state index >= 15 is 0 Å². The molecule has 1 saturated heterocycles. The molecule has 25 heavy (non-hydrogen) atoms. The van der Waals surface area contributed by atoms with Gasteiger partial charge in [-0.15, -0.1) is 0 Å². The number of para-hydroxylation sites is 1. The second-order valence-electron chi connectivity index (χ2n) is 5.77. The largest absolute Gasteiger partial charge is 0.496 e. The van der Waals surface area contributed by atoms with E-state index in [0.717, 1.165) is 24.2 Å². The zero-order chi connectivity index (χ0) is 17.6. The number of benzene rings is 1. The highest BCUT2D eigenvalue weighted by molar-refractivity contribution is 5.87. The predicted octanol–water partition coefficient (Wildman–Crippen LogP) is 2.71. The van der Waals surface area contributed by atoms with Crippen LogP contribution in [0, 0.1) is 0 Å². The van der Waals surface area contributed by atoms with Gasteiger partial charge < -0.3 is 14.4 Å². The van der Waals surface area contributed by atoms with E-state index in [1.54, 1.807) is 24.3 Å². The molecule has 2 heterocycles. The molecule has 3 rings (SSSR count). The summed E-state index contributed by atoms with van der Waals surface area (Å²) in [7, 11) is 1.62. The number of nitrogens with zero attached hydrogens (tertiary/aromatic N) is 3. The van der Waals surface area contributed by atoms with E-state index in [1.165, 1.54) is 6.08 Å². The van der Waals surface area contributed by atoms with Gasteiger partial charge in [0, 0.05) is 38.2 Å². The molecule has 6 nitrogen and oxygen atoms in total. The van der Waals surface area contributed by atoms with E-state index < -0.39 is 0 Å². The van der Waals surface area contributed by atoms with Crippen molar-refractivity contribution < 1.29 is 14.3 Å². The summed E-state index contributed by atoms with van der Waals surface area (Å²) >= 11 is 0. The van der Waals surface area contributed by atoms with Crippen molar-refractivity contribution in [3.63, 3.8) is 0 Å². The highest BCUT2D eigenvalue weighted by atomic mass is 16.5. The third-order valence-corrected chi connectivity index (χ3v) is 4.19. The molecular formula is C19H21N3O3. The minimum atomic E-state index is -0.0288. The van der Waals surface area contributed by atoms with E-state index in [9.17, 15) is 4.79 Å². The Morgan fingerprint density at radius 3 is 2.76 bits per heavy atom. The lowest BCUT2D eigenvalue weighted by Crippen LogP contribution is -2.41. The third kappa shape index (κ3) is 3.96. The lowest BCUT2D eigenvalue weighted by atomic mass is 10.1. The van der Waals surface area contributed by atoms with Crippen LogP contribution in [-0.4, -0.2) is 47.1 Å². The highest BCUT2D eigenvalue weighted by Crippen LogP contribution is 2.28. The fraction of sp³-hybridized carbons (Fsp3) is 0.316. The van der Waals surface area contributed by atoms with Crippen molar-refractivity contribution in [3.8, 4) is 23.0 Å². The first kappa shape index (κ1) is 17.0. The first-order valence-electron chi connectivity index (χ1n) is 8.25. The average Bonchev–Trinajstić information content (AvgIpc) is 2.68. The minimum Gasteiger partial charge on any atom is -0.496 e. The van der Waals surface area contributed by atoms with Crippen molar-refractivity contribution in [3.05, 3.63) is 49.2 Å². The summed E-state index contributed by atoms with van der Waals surface area (Å²) in [6, 6.07) is 9.36. The van der Waals surface area contributed by atoms with Crippen molar-refractivity contribution in [1.29, 1.82) is 0 Å². The number of piperidine rings is 1. The Labute approximate surface area is 147 Å². The van der Waals surface area contributed by atoms with Crippen LogP contribution < -0.4 is 9.47 Å². The smallest absolute Gasteiger partial charge is 0.245 e. The Morgan fingerprint density at radius 1 is 1.28 bits per heavy atom. The molecule has 1 fully saturated rings. The van der Waals surface area contributed by atoms with Gasteiger partial charge in [0.25, 0.3) is 0 Å². The zero-order valence-corrected chi connectivity index (χ0v) is 14.2. The van der Waals surface area contributed by atoms with Gasteiger partial charge in [0.05, 0.1) is 12.7 Å². The van der Waals surface area contributed by atoms with Crippen LogP contribution >= 0.6 is 0 Å². The highest BCUT2D eigenvalue weighted by Gasteiger charge is 2.23. The number of carbonyl (C=O) groups excluding carboxylic acids is 1. The van der Waals surface area contributed by atoms with Gasteiger partial charge in [0.2, 0.25) is 11.8 Å². The number of likely N-dealkylation sites (tertiary alicyclic amines) is 1. The Hall–Kier alpha value is -2.89. The van der Waals surface area contributed by atoms with E-state index in [1.807, 2.05) is 24.3 Å². The van der Waals surface area contributed by atoms with Crippen LogP contribution in [0.15, 0.2) is 49.2 Å². The van der Waals surface area contributed by atoms with Gasteiger partial charge in [-0.05, 0) is 18.2 Å². The molecular weight excluding hydrogens is 318 g/mol. The Kier molecular flexibility index (Phi) is 5.28. The van der Waals surface area contributed by atoms with E-state index in [0.29, 0.717) is 24.8 Å². The molecule has 1 aromatic heterocycles. The second-order valence-corrected chi connectivity index (χ2v) is 5.77. The summed E-state index contributed by atoms with van der Waals surface area (Å²) in [5.74, 6) is 1.79. The summed E-state index contributed by atoms with van der Waals surface area (Å²) in [5, 5.41) is 0. The first-order chi connectivity index (χ1) is 12.2. The summed E-state index contributed by atoms with van der Waals surface area (Å²) in [6.45, 7) is 4.86. The number of amides is 1. The van der Waals surface area contributed by atoms with Crippen LogP contribution in [0.5, 0.6) is 11.6 Å². The Morgan fingerprint density at radius 2 is 2.04 bits per heavy atom. The van der Waals surface area contributed by atoms with E-state index in [-0.39, 0.29) is 12.0 Å². The molecule has 1 amide bonds. The van der Waals surface area contributed by atoms with Gasteiger partial charge in [0.15, 0.2) is 5.82 Å². The Balaban J connectivity index is 1.69. The number of carbonyl (C=O) groups is 1. The van der Waals surface area contributed by atoms with E-state index in [4.69, 9.17) is 9.47 Å². The number of hydrogen-bond acceptors (Lipinski definition) is 5. The summed E-state index contributed by atoms with van der Waals surface area (Å²) in [6.07, 6.45) is 4.61. The van der Waals surface area contributed by atoms with Crippen LogP contribution in [0.2, 0.25) is 0 Å². The third-order valence-electron chi connectivity index (χ3n) is 4.19. The fourth-order valence-corrected chi connectivity index (χ4v) is 2.86. The van der Waals surface area contributed by atoms with Crippen molar-refractivity contribution in [2.24, 2.45) is 0 Å². The maximum Gasteiger partial charge on any atom is 0.245 e. The number of methoxy groups -OCH3 is 1. The van der Waals surface area contributed by atoms with Crippen LogP contribution in [0.4, 0.5) is 0 Å². The summed E-state index contributed by atoms with van der Waals surface area (Å²) in [4.78, 5) is 22.2. The van der Waals surface area contributed by atoms with Crippen molar-refractivity contribution >= 4 is 5.91 Å². The average molecular weight is 339 g/mol. The molecule has 0 radical (unpaired) electrons. The van der Waals surface area contributed by atoms with Crippen LogP contribution in [0.25, 0.3) is 11.4 Å². The maximum absolute atomic E-state index is 11.6. The molecule has 0 aliphatic carbocycles. The van der Waals surface area contributed by atoms with Crippen molar-refractivity contribution in [2.75, 3.05) is 20.2 Å². The van der Waals surface area contributed by atoms with Gasteiger partial charge in [-0.2, -0.15) is 4.98 Å². The molecule has 0 spiro atoms. The predicted molar refractivity (Wildman–Crippen MR) is 94.4 cm³/mol. The van der Waals surface area contributed by atoms with Crippen molar-refractivity contribution in [2.45, 2.75) is 18.9 Å². The zero-order valence-electron chi connectivity index (χ0n) is 14.2. The molecule has 0 N–H and O–H groups in total. The summed E-state index contributed by atoms with van der Waals surface area (Å²) < 4.78 is 11.4. The lowest BCUT2D eigenvalue weighted by Gasteiger charge is -2.31. The molecule has 130 valence electrons. The molecule has 0 unspecified atom stereocenters. The normalized spacial score (nSPS) is 14.8. The van der Waals surface area contributed by atoms with Crippen LogP contribution in [-0.2, 0) is 4.79 Å². The molecule has 0 bridgehead atoms. The molecule has 0 saturated carbocycles. The van der Waals surface area contributed by atoms with Crippen molar-refractivity contribution in [1.82, 2.24) is 14.9 Å². The SMILES string of the molecule is C=CC(=O)N1CCC(Oc2ccnc(-c3ccccc3OC)n2)CC1. The van der Waals surface area contributed by atoms with E-state index in [2.05, 4.69) is 16.5 Å². The quantitative estimate of drug-likeness (QED) is 0.784. The van der Waals surface area contributed by atoms with Gasteiger partial charge in [-0.25, -0.2) is 4.98 Å². The maximum atomic E-state index is 11.6. The monoisotopic (exact) mass is 339 g/mol. The molecule has 6 heteroatoms. The van der Waals surface area contributed by atoms with Gasteiger partial charge in [0.1, 0.15) is 11.9 Å². The van der Waals surface area contributed by atoms with Gasteiger partial charge >= 0.3 is 0 Å². The standard InChI is InChI=1S/C19H21N3O3/c1-3-18(23)22-12-9-14(10-13-22)25-17-8-11-20-19(21-17)15-6-4-5-7-16(15)24-2/h3-8,11,14H,1,9-10,12-13H2,2H3. The van der Waals surface area contributed by atoms with Crippen LogP contribution in [0.3, 0.4) is 0 Å². The second kappa shape index (κ2) is 7.79. The molecule has 1 aliphatic rings. The number of rotatable bonds is 5. The first-order valence-corrected chi connectivity index (χ1v) is 8.25.